The molecule has 0 heterocycles. The molecule has 1 aliphatic carbocycles. The minimum absolute atomic E-state index is 0.349. The van der Waals surface area contributed by atoms with Crippen molar-refractivity contribution in [2.75, 3.05) is 11.6 Å². The Morgan fingerprint density at radius 1 is 1.04 bits per heavy atom. The number of benzene rings is 2. The number of allylic oxidation sites excluding steroid dienone is 2. The van der Waals surface area contributed by atoms with E-state index in [1.165, 1.54) is 53.5 Å². The van der Waals surface area contributed by atoms with Crippen molar-refractivity contribution in [3.63, 3.8) is 0 Å². The quantitative estimate of drug-likeness (QED) is 0.350. The molecule has 0 radical (unpaired) electrons. The largest absolute Gasteiger partial charge is 0.508 e. The van der Waals surface area contributed by atoms with Crippen LogP contribution in [-0.2, 0) is 17.2 Å². The summed E-state index contributed by atoms with van der Waals surface area (Å²) in [7, 11) is -0.977. The molecule has 4 heteroatoms. The van der Waals surface area contributed by atoms with Crippen molar-refractivity contribution in [2.24, 2.45) is 0 Å². The lowest BCUT2D eigenvalue weighted by molar-refractivity contribution is 0.474. The molecule has 2 aromatic carbocycles. The maximum atomic E-state index is 12.0. The van der Waals surface area contributed by atoms with Gasteiger partial charge in [-0.15, -0.1) is 0 Å². The third-order valence-corrected chi connectivity index (χ3v) is 6.95. The first kappa shape index (κ1) is 21.3. The summed E-state index contributed by atoms with van der Waals surface area (Å²) in [4.78, 5) is 0.886. The summed E-state index contributed by atoms with van der Waals surface area (Å²) in [5, 5.41) is 11.0. The van der Waals surface area contributed by atoms with Crippen LogP contribution in [0.15, 0.2) is 47.4 Å². The monoisotopic (exact) mass is 460 g/mol. The summed E-state index contributed by atoms with van der Waals surface area (Å²) in [6.45, 7) is 0. The fourth-order valence-corrected chi connectivity index (χ4v) is 5.03. The van der Waals surface area contributed by atoms with Gasteiger partial charge in [0.1, 0.15) is 5.75 Å². The van der Waals surface area contributed by atoms with E-state index in [0.717, 1.165) is 35.9 Å². The third kappa shape index (κ3) is 5.36. The minimum atomic E-state index is -0.977. The maximum absolute atomic E-state index is 12.0. The van der Waals surface area contributed by atoms with Crippen LogP contribution >= 0.6 is 15.9 Å². The number of halogens is 1. The van der Waals surface area contributed by atoms with E-state index in [0.29, 0.717) is 5.75 Å². The molecule has 0 aromatic heterocycles. The number of phenolic OH excluding ortho intramolecular Hbond substituents is 1. The van der Waals surface area contributed by atoms with Crippen LogP contribution in [0.4, 0.5) is 0 Å². The van der Waals surface area contributed by atoms with Gasteiger partial charge >= 0.3 is 0 Å². The lowest BCUT2D eigenvalue weighted by Crippen LogP contribution is -1.96. The van der Waals surface area contributed by atoms with E-state index in [1.54, 1.807) is 6.26 Å². The lowest BCUT2D eigenvalue weighted by atomic mass is 9.89. The smallest absolute Gasteiger partial charge is 0.115 e. The fraction of sp³-hybridized carbons (Fsp3) is 0.417. The summed E-state index contributed by atoms with van der Waals surface area (Å²) in [6, 6.07) is 14.1. The summed E-state index contributed by atoms with van der Waals surface area (Å²) in [5.41, 5.74) is 6.53. The Labute approximate surface area is 179 Å². The van der Waals surface area contributed by atoms with Crippen molar-refractivity contribution in [3.8, 4) is 5.75 Å². The van der Waals surface area contributed by atoms with Gasteiger partial charge in [-0.2, -0.15) is 0 Å². The van der Waals surface area contributed by atoms with Crippen LogP contribution < -0.4 is 0 Å². The summed E-state index contributed by atoms with van der Waals surface area (Å²) < 4.78 is 12.0. The molecule has 28 heavy (non-hydrogen) atoms. The Hall–Kier alpha value is -1.39. The van der Waals surface area contributed by atoms with Gasteiger partial charge < -0.3 is 5.11 Å². The molecule has 1 aliphatic rings. The zero-order valence-electron chi connectivity index (χ0n) is 16.5. The Kier molecular flexibility index (Phi) is 7.92. The third-order valence-electron chi connectivity index (χ3n) is 5.48. The van der Waals surface area contributed by atoms with E-state index in [4.69, 9.17) is 0 Å². The topological polar surface area (TPSA) is 37.3 Å². The maximum Gasteiger partial charge on any atom is 0.115 e. The predicted octanol–water partition coefficient (Wildman–Crippen LogP) is 6.72. The van der Waals surface area contributed by atoms with Crippen molar-refractivity contribution >= 4 is 37.9 Å². The first-order valence-electron chi connectivity index (χ1n) is 10.1. The Balaban J connectivity index is 2.01. The second-order valence-electron chi connectivity index (χ2n) is 7.49. The van der Waals surface area contributed by atoms with E-state index < -0.39 is 10.8 Å². The van der Waals surface area contributed by atoms with Gasteiger partial charge in [-0.3, -0.25) is 4.21 Å². The molecule has 0 aliphatic heterocycles. The molecule has 0 saturated heterocycles. The molecule has 3 rings (SSSR count). The minimum Gasteiger partial charge on any atom is -0.508 e. The highest BCUT2D eigenvalue weighted by Crippen LogP contribution is 2.40. The number of phenols is 1. The Morgan fingerprint density at radius 3 is 2.64 bits per heavy atom. The molecule has 1 unspecified atom stereocenters. The average molecular weight is 461 g/mol. The highest BCUT2D eigenvalue weighted by Gasteiger charge is 2.19. The lowest BCUT2D eigenvalue weighted by Gasteiger charge is -2.17. The van der Waals surface area contributed by atoms with Gasteiger partial charge in [0.25, 0.3) is 0 Å². The number of unbranched alkanes of at least 4 members (excludes halogenated alkanes) is 3. The van der Waals surface area contributed by atoms with E-state index in [2.05, 4.69) is 34.1 Å². The van der Waals surface area contributed by atoms with Crippen molar-refractivity contribution in [1.29, 1.82) is 0 Å². The van der Waals surface area contributed by atoms with Gasteiger partial charge in [-0.1, -0.05) is 47.0 Å². The van der Waals surface area contributed by atoms with Gasteiger partial charge in [0.2, 0.25) is 0 Å². The molecular formula is C24H29BrO2S. The van der Waals surface area contributed by atoms with Crippen LogP contribution in [-0.4, -0.2) is 20.9 Å². The predicted molar refractivity (Wildman–Crippen MR) is 124 cm³/mol. The van der Waals surface area contributed by atoms with E-state index in [9.17, 15) is 9.32 Å². The zero-order chi connectivity index (χ0) is 19.9. The van der Waals surface area contributed by atoms with Crippen molar-refractivity contribution < 1.29 is 9.32 Å². The summed E-state index contributed by atoms with van der Waals surface area (Å²) >= 11 is 3.52. The number of hydrogen-bond acceptors (Lipinski definition) is 2. The van der Waals surface area contributed by atoms with E-state index in [-0.39, 0.29) is 0 Å². The summed E-state index contributed by atoms with van der Waals surface area (Å²) in [5.74, 6) is 0.349. The van der Waals surface area contributed by atoms with E-state index >= 15 is 0 Å². The molecule has 150 valence electrons. The number of hydrogen-bond donors (Lipinski definition) is 1. The molecule has 2 nitrogen and oxygen atoms in total. The number of alkyl halides is 1. The molecule has 2 aromatic rings. The summed E-state index contributed by atoms with van der Waals surface area (Å²) in [6.07, 6.45) is 10.7. The molecule has 0 saturated carbocycles. The van der Waals surface area contributed by atoms with Crippen LogP contribution in [0.5, 0.6) is 5.75 Å². The van der Waals surface area contributed by atoms with Crippen LogP contribution in [0, 0.1) is 0 Å². The standard InChI is InChI=1S/C24H29BrO2S/c1-28(27)21-10-6-8-19(17-21)22-12-7-9-18-16-20(26)13-14-23(18)24(22)11-4-2-3-5-15-25/h6,8,10,13-14,16-17,26H,2-5,7,9,11-12,15H2,1H3. The normalized spacial score (nSPS) is 15.2. The fourth-order valence-electron chi connectivity index (χ4n) is 4.07. The van der Waals surface area contributed by atoms with Crippen LogP contribution in [0.1, 0.15) is 61.6 Å². The van der Waals surface area contributed by atoms with Crippen LogP contribution in [0.2, 0.25) is 0 Å². The van der Waals surface area contributed by atoms with Crippen LogP contribution in [0.3, 0.4) is 0 Å². The highest BCUT2D eigenvalue weighted by molar-refractivity contribution is 9.09. The number of rotatable bonds is 8. The first-order chi connectivity index (χ1) is 13.6. The molecular weight excluding hydrogens is 432 g/mol. The molecule has 0 spiro atoms. The second-order valence-corrected chi connectivity index (χ2v) is 9.66. The molecule has 0 fully saturated rings. The molecule has 1 N–H and O–H groups in total. The highest BCUT2D eigenvalue weighted by atomic mass is 79.9. The van der Waals surface area contributed by atoms with Gasteiger partial charge in [0.05, 0.1) is 0 Å². The second kappa shape index (κ2) is 10.4. The number of fused-ring (bicyclic) bond motifs is 1. The van der Waals surface area contributed by atoms with Gasteiger partial charge in [0.15, 0.2) is 0 Å². The van der Waals surface area contributed by atoms with Crippen LogP contribution in [0.25, 0.3) is 11.1 Å². The van der Waals surface area contributed by atoms with Gasteiger partial charge in [-0.25, -0.2) is 0 Å². The van der Waals surface area contributed by atoms with E-state index in [1.807, 2.05) is 24.3 Å². The van der Waals surface area contributed by atoms with Gasteiger partial charge in [0, 0.05) is 27.3 Å². The molecule has 1 atom stereocenters. The number of aryl methyl sites for hydroxylation is 1. The number of aromatic hydroxyl groups is 1. The molecule has 0 amide bonds. The Bertz CT molecular complexity index is 873. The Morgan fingerprint density at radius 2 is 1.86 bits per heavy atom. The van der Waals surface area contributed by atoms with Crippen molar-refractivity contribution in [3.05, 3.63) is 59.2 Å². The van der Waals surface area contributed by atoms with Gasteiger partial charge in [-0.05, 0) is 90.6 Å². The van der Waals surface area contributed by atoms with Crippen molar-refractivity contribution in [2.45, 2.75) is 56.3 Å². The average Bonchev–Trinajstić information content (AvgIpc) is 2.87. The molecule has 0 bridgehead atoms. The SMILES string of the molecule is CS(=O)c1cccc(C2=C(CCCCCCBr)c3ccc(O)cc3CCC2)c1. The van der Waals surface area contributed by atoms with Crippen molar-refractivity contribution in [1.82, 2.24) is 0 Å². The zero-order valence-corrected chi connectivity index (χ0v) is 18.9. The first-order valence-corrected chi connectivity index (χ1v) is 12.8.